The Bertz CT molecular complexity index is 891. The van der Waals surface area contributed by atoms with Crippen molar-refractivity contribution in [1.82, 2.24) is 14.7 Å². The Morgan fingerprint density at radius 3 is 2.66 bits per heavy atom. The van der Waals surface area contributed by atoms with Gasteiger partial charge in [0.15, 0.2) is 5.54 Å². The number of piperidine rings is 1. The van der Waals surface area contributed by atoms with Crippen LogP contribution in [0.4, 0.5) is 5.69 Å². The highest BCUT2D eigenvalue weighted by molar-refractivity contribution is 5.93. The zero-order chi connectivity index (χ0) is 21.0. The van der Waals surface area contributed by atoms with E-state index in [0.29, 0.717) is 31.6 Å². The van der Waals surface area contributed by atoms with Crippen LogP contribution in [-0.4, -0.2) is 50.7 Å². The van der Waals surface area contributed by atoms with Crippen LogP contribution in [0.5, 0.6) is 0 Å². The first kappa shape index (κ1) is 20.6. The van der Waals surface area contributed by atoms with Crippen molar-refractivity contribution in [3.8, 4) is 0 Å². The van der Waals surface area contributed by atoms with Crippen LogP contribution >= 0.6 is 0 Å². The average molecular weight is 398 g/mol. The molecule has 0 spiro atoms. The van der Waals surface area contributed by atoms with E-state index in [1.165, 1.54) is 30.9 Å². The summed E-state index contributed by atoms with van der Waals surface area (Å²) in [5, 5.41) is 16.1. The molecule has 1 aromatic heterocycles. The molecule has 8 heteroatoms. The van der Waals surface area contributed by atoms with E-state index in [-0.39, 0.29) is 17.7 Å². The van der Waals surface area contributed by atoms with Gasteiger partial charge >= 0.3 is 5.97 Å². The summed E-state index contributed by atoms with van der Waals surface area (Å²) in [5.74, 6) is -1.49. The molecule has 8 nitrogen and oxygen atoms in total. The first-order valence-electron chi connectivity index (χ1n) is 9.68. The van der Waals surface area contributed by atoms with Crippen molar-refractivity contribution in [3.05, 3.63) is 48.3 Å². The maximum atomic E-state index is 12.7. The number of benzene rings is 1. The van der Waals surface area contributed by atoms with Gasteiger partial charge in [0.1, 0.15) is 0 Å². The second-order valence-electron chi connectivity index (χ2n) is 7.87. The summed E-state index contributed by atoms with van der Waals surface area (Å²) in [5.41, 5.74) is 0.184. The summed E-state index contributed by atoms with van der Waals surface area (Å²) in [4.78, 5) is 38.4. The zero-order valence-corrected chi connectivity index (χ0v) is 16.7. The fourth-order valence-corrected chi connectivity index (χ4v) is 3.34. The Hall–Kier alpha value is -3.16. The van der Waals surface area contributed by atoms with E-state index in [2.05, 4.69) is 10.4 Å². The molecule has 1 saturated heterocycles. The molecule has 1 unspecified atom stereocenters. The number of hydrogen-bond donors (Lipinski definition) is 2. The van der Waals surface area contributed by atoms with Gasteiger partial charge in [0.05, 0.1) is 24.2 Å². The van der Waals surface area contributed by atoms with E-state index in [0.717, 1.165) is 12.0 Å². The molecular weight excluding hydrogens is 372 g/mol. The van der Waals surface area contributed by atoms with Crippen LogP contribution in [0, 0.1) is 5.92 Å². The molecule has 3 rings (SSSR count). The van der Waals surface area contributed by atoms with Crippen molar-refractivity contribution >= 4 is 23.5 Å². The maximum Gasteiger partial charge on any atom is 0.331 e. The van der Waals surface area contributed by atoms with Crippen LogP contribution in [-0.2, 0) is 26.3 Å². The number of likely N-dealkylation sites (tertiary alicyclic amines) is 1. The molecule has 1 aromatic carbocycles. The van der Waals surface area contributed by atoms with Crippen LogP contribution in [0.3, 0.4) is 0 Å². The van der Waals surface area contributed by atoms with Gasteiger partial charge in [-0.3, -0.25) is 14.3 Å². The summed E-state index contributed by atoms with van der Waals surface area (Å²) >= 11 is 0. The minimum Gasteiger partial charge on any atom is -0.479 e. The van der Waals surface area contributed by atoms with Gasteiger partial charge < -0.3 is 15.3 Å². The van der Waals surface area contributed by atoms with Gasteiger partial charge in [0.2, 0.25) is 11.8 Å². The maximum absolute atomic E-state index is 12.7. The number of aliphatic carboxylic acids is 1. The normalized spacial score (nSPS) is 17.0. The number of carboxylic acids is 1. The van der Waals surface area contributed by atoms with Gasteiger partial charge in [-0.1, -0.05) is 30.3 Å². The molecule has 1 aliphatic rings. The van der Waals surface area contributed by atoms with E-state index >= 15 is 0 Å². The largest absolute Gasteiger partial charge is 0.479 e. The van der Waals surface area contributed by atoms with E-state index in [1.54, 1.807) is 4.90 Å². The van der Waals surface area contributed by atoms with E-state index < -0.39 is 11.5 Å². The molecule has 154 valence electrons. The molecule has 2 aromatic rings. The van der Waals surface area contributed by atoms with Crippen molar-refractivity contribution < 1.29 is 19.5 Å². The lowest BCUT2D eigenvalue weighted by Gasteiger charge is -2.32. The second-order valence-corrected chi connectivity index (χ2v) is 7.87. The quantitative estimate of drug-likeness (QED) is 0.776. The van der Waals surface area contributed by atoms with Crippen molar-refractivity contribution in [3.63, 3.8) is 0 Å². The molecular formula is C21H26N4O4. The number of anilines is 1. The molecule has 0 radical (unpaired) electrons. The Morgan fingerprint density at radius 1 is 1.24 bits per heavy atom. The smallest absolute Gasteiger partial charge is 0.331 e. The van der Waals surface area contributed by atoms with Gasteiger partial charge in [0, 0.05) is 19.3 Å². The highest BCUT2D eigenvalue weighted by Crippen LogP contribution is 2.21. The molecule has 0 aliphatic carbocycles. The zero-order valence-electron chi connectivity index (χ0n) is 16.7. The summed E-state index contributed by atoms with van der Waals surface area (Å²) in [6.45, 7) is 4.10. The third-order valence-corrected chi connectivity index (χ3v) is 5.29. The summed E-state index contributed by atoms with van der Waals surface area (Å²) in [7, 11) is 0. The lowest BCUT2D eigenvalue weighted by atomic mass is 9.96. The minimum atomic E-state index is -1.21. The topological polar surface area (TPSA) is 105 Å². The van der Waals surface area contributed by atoms with Crippen LogP contribution in [0.25, 0.3) is 0 Å². The van der Waals surface area contributed by atoms with E-state index in [9.17, 15) is 19.5 Å². The predicted octanol–water partition coefficient (Wildman–Crippen LogP) is 2.12. The van der Waals surface area contributed by atoms with Gasteiger partial charge in [-0.25, -0.2) is 4.79 Å². The fourth-order valence-electron chi connectivity index (χ4n) is 3.34. The monoisotopic (exact) mass is 398 g/mol. The SMILES string of the molecule is CC(C)(C(=O)O)n1cc(NC(=O)C2CCCN(C(=O)Cc3ccccc3)C2)cn1. The number of nitrogens with zero attached hydrogens (tertiary/aromatic N) is 3. The van der Waals surface area contributed by atoms with Crippen molar-refractivity contribution in [2.45, 2.75) is 38.6 Å². The molecule has 2 heterocycles. The highest BCUT2D eigenvalue weighted by Gasteiger charge is 2.31. The van der Waals surface area contributed by atoms with Gasteiger partial charge in [-0.15, -0.1) is 0 Å². The number of rotatable bonds is 6. The third kappa shape index (κ3) is 4.82. The predicted molar refractivity (Wildman–Crippen MR) is 107 cm³/mol. The molecule has 2 amide bonds. The van der Waals surface area contributed by atoms with Gasteiger partial charge in [-0.2, -0.15) is 5.10 Å². The standard InChI is InChI=1S/C21H26N4O4/c1-21(2,20(28)29)25-14-17(12-22-25)23-19(27)16-9-6-10-24(13-16)18(26)11-15-7-4-3-5-8-15/h3-5,7-8,12,14,16H,6,9-11,13H2,1-2H3,(H,23,27)(H,28,29). The molecule has 1 fully saturated rings. The number of hydrogen-bond acceptors (Lipinski definition) is 4. The van der Waals surface area contributed by atoms with Crippen molar-refractivity contribution in [2.24, 2.45) is 5.92 Å². The summed E-state index contributed by atoms with van der Waals surface area (Å²) in [6, 6.07) is 9.56. The number of amides is 2. The minimum absolute atomic E-state index is 0.0183. The van der Waals surface area contributed by atoms with Crippen LogP contribution < -0.4 is 5.32 Å². The Kier molecular flexibility index (Phi) is 6.00. The van der Waals surface area contributed by atoms with Crippen molar-refractivity contribution in [1.29, 1.82) is 0 Å². The average Bonchev–Trinajstić information content (AvgIpc) is 3.18. The first-order chi connectivity index (χ1) is 13.8. The Morgan fingerprint density at radius 2 is 1.97 bits per heavy atom. The number of nitrogens with one attached hydrogen (secondary N) is 1. The third-order valence-electron chi connectivity index (χ3n) is 5.29. The molecule has 1 atom stereocenters. The lowest BCUT2D eigenvalue weighted by molar-refractivity contribution is -0.146. The van der Waals surface area contributed by atoms with E-state index in [1.807, 2.05) is 30.3 Å². The van der Waals surface area contributed by atoms with Crippen LogP contribution in [0.1, 0.15) is 32.3 Å². The number of aromatic nitrogens is 2. The molecule has 1 aliphatic heterocycles. The number of carbonyl (C=O) groups is 3. The number of carboxylic acid groups (broad SMARTS) is 1. The van der Waals surface area contributed by atoms with Crippen molar-refractivity contribution in [2.75, 3.05) is 18.4 Å². The fraction of sp³-hybridized carbons (Fsp3) is 0.429. The number of carbonyl (C=O) groups excluding carboxylic acids is 2. The summed E-state index contributed by atoms with van der Waals surface area (Å²) < 4.78 is 1.31. The van der Waals surface area contributed by atoms with E-state index in [4.69, 9.17) is 0 Å². The molecule has 0 bridgehead atoms. The summed E-state index contributed by atoms with van der Waals surface area (Å²) in [6.07, 6.45) is 4.74. The van der Waals surface area contributed by atoms with Crippen LogP contribution in [0.15, 0.2) is 42.7 Å². The van der Waals surface area contributed by atoms with Gasteiger partial charge in [-0.05, 0) is 32.3 Å². The Labute approximate surface area is 169 Å². The Balaban J connectivity index is 1.59. The lowest BCUT2D eigenvalue weighted by Crippen LogP contribution is -2.44. The van der Waals surface area contributed by atoms with Gasteiger partial charge in [0.25, 0.3) is 0 Å². The highest BCUT2D eigenvalue weighted by atomic mass is 16.4. The van der Waals surface area contributed by atoms with Crippen LogP contribution in [0.2, 0.25) is 0 Å². The molecule has 0 saturated carbocycles. The second kappa shape index (κ2) is 8.46. The molecule has 29 heavy (non-hydrogen) atoms. The molecule has 2 N–H and O–H groups in total. The first-order valence-corrected chi connectivity index (χ1v) is 9.68.